The van der Waals surface area contributed by atoms with E-state index >= 15 is 0 Å². The van der Waals surface area contributed by atoms with Crippen molar-refractivity contribution in [1.82, 2.24) is 0 Å². The molecule has 0 aliphatic carbocycles. The molecule has 1 aromatic heterocycles. The topological polar surface area (TPSA) is 16.4 Å². The molecule has 0 aliphatic rings. The Morgan fingerprint density at radius 1 is 0.292 bits per heavy atom. The molecule has 1 heterocycles. The van der Waals surface area contributed by atoms with Crippen molar-refractivity contribution in [3.63, 3.8) is 0 Å². The highest BCUT2D eigenvalue weighted by Crippen LogP contribution is 2.40. The number of para-hydroxylation sites is 2. The Labute approximate surface area is 277 Å². The van der Waals surface area contributed by atoms with Crippen LogP contribution in [0.1, 0.15) is 0 Å². The molecule has 0 radical (unpaired) electrons. The SMILES string of the molecule is c1ccc(N(c2ccc(-c3ccc4ccc5c6ccccc6ccc5c4c3)cc2)c2ccc3cc4c(cc3c2)oc2ccccc24)cc1. The summed E-state index contributed by atoms with van der Waals surface area (Å²) in [5.41, 5.74) is 7.54. The van der Waals surface area contributed by atoms with E-state index in [1.807, 2.05) is 12.1 Å². The van der Waals surface area contributed by atoms with E-state index in [0.717, 1.165) is 44.4 Å². The highest BCUT2D eigenvalue weighted by atomic mass is 16.3. The quantitative estimate of drug-likeness (QED) is 0.184. The fraction of sp³-hybridized carbons (Fsp3) is 0. The molecule has 0 aliphatic heterocycles. The van der Waals surface area contributed by atoms with E-state index in [2.05, 4.69) is 169 Å². The first kappa shape index (κ1) is 26.8. The van der Waals surface area contributed by atoms with E-state index in [4.69, 9.17) is 4.42 Å². The van der Waals surface area contributed by atoms with E-state index < -0.39 is 0 Å². The Balaban J connectivity index is 1.07. The number of hydrogen-bond donors (Lipinski definition) is 0. The number of rotatable bonds is 4. The fourth-order valence-corrected chi connectivity index (χ4v) is 7.42. The van der Waals surface area contributed by atoms with E-state index in [-0.39, 0.29) is 0 Å². The molecule has 0 saturated heterocycles. The van der Waals surface area contributed by atoms with E-state index in [1.54, 1.807) is 0 Å². The standard InChI is InChI=1S/C46H29NO/c1-2-9-36(10-3-1)47(38-23-18-34-28-44-42-12-6-7-13-45(42)48-46(44)29-35(34)26-38)37-21-16-30(17-22-37)33-15-14-32-20-24-40-39-11-5-4-8-31(39)19-25-41(40)43(32)27-33/h1-29H. The molecular weight excluding hydrogens is 583 g/mol. The van der Waals surface area contributed by atoms with Gasteiger partial charge < -0.3 is 9.32 Å². The van der Waals surface area contributed by atoms with Crippen LogP contribution in [-0.2, 0) is 0 Å². The molecule has 0 N–H and O–H groups in total. The summed E-state index contributed by atoms with van der Waals surface area (Å²) in [6.45, 7) is 0. The molecule has 0 spiro atoms. The lowest BCUT2D eigenvalue weighted by Crippen LogP contribution is -2.09. The smallest absolute Gasteiger partial charge is 0.136 e. The summed E-state index contributed by atoms with van der Waals surface area (Å²) in [6.07, 6.45) is 0. The van der Waals surface area contributed by atoms with Gasteiger partial charge in [0.15, 0.2) is 0 Å². The maximum Gasteiger partial charge on any atom is 0.136 e. The van der Waals surface area contributed by atoms with Crippen LogP contribution in [0, 0.1) is 0 Å². The van der Waals surface area contributed by atoms with Gasteiger partial charge in [0, 0.05) is 27.8 Å². The van der Waals surface area contributed by atoms with Gasteiger partial charge in [-0.25, -0.2) is 0 Å². The van der Waals surface area contributed by atoms with Crippen LogP contribution in [-0.4, -0.2) is 0 Å². The first-order valence-electron chi connectivity index (χ1n) is 16.4. The molecule has 0 amide bonds. The van der Waals surface area contributed by atoms with Gasteiger partial charge in [0.2, 0.25) is 0 Å². The zero-order valence-electron chi connectivity index (χ0n) is 26.1. The zero-order chi connectivity index (χ0) is 31.6. The van der Waals surface area contributed by atoms with Crippen molar-refractivity contribution in [2.45, 2.75) is 0 Å². The van der Waals surface area contributed by atoms with Crippen LogP contribution in [0.15, 0.2) is 180 Å². The lowest BCUT2D eigenvalue weighted by Gasteiger charge is -2.26. The number of benzene rings is 9. The Morgan fingerprint density at radius 3 is 1.77 bits per heavy atom. The summed E-state index contributed by atoms with van der Waals surface area (Å²) < 4.78 is 6.24. The molecular formula is C46H29NO. The summed E-state index contributed by atoms with van der Waals surface area (Å²) in [7, 11) is 0. The van der Waals surface area contributed by atoms with Crippen LogP contribution in [0.2, 0.25) is 0 Å². The van der Waals surface area contributed by atoms with Gasteiger partial charge in [0.1, 0.15) is 11.2 Å². The van der Waals surface area contributed by atoms with E-state index in [0.29, 0.717) is 0 Å². The minimum Gasteiger partial charge on any atom is -0.456 e. The monoisotopic (exact) mass is 611 g/mol. The summed E-state index contributed by atoms with van der Waals surface area (Å²) in [5, 5.41) is 12.3. The fourth-order valence-electron chi connectivity index (χ4n) is 7.42. The van der Waals surface area contributed by atoms with Crippen LogP contribution < -0.4 is 4.90 Å². The third-order valence-electron chi connectivity index (χ3n) is 9.79. The molecule has 2 nitrogen and oxygen atoms in total. The molecule has 0 atom stereocenters. The van der Waals surface area contributed by atoms with Crippen molar-refractivity contribution in [2.75, 3.05) is 4.90 Å². The van der Waals surface area contributed by atoms with Crippen LogP contribution in [0.5, 0.6) is 0 Å². The maximum absolute atomic E-state index is 6.24. The average molecular weight is 612 g/mol. The van der Waals surface area contributed by atoms with Crippen molar-refractivity contribution < 1.29 is 4.42 Å². The minimum atomic E-state index is 0.910. The van der Waals surface area contributed by atoms with Gasteiger partial charge in [0.05, 0.1) is 0 Å². The molecule has 2 heteroatoms. The zero-order valence-corrected chi connectivity index (χ0v) is 26.1. The van der Waals surface area contributed by atoms with Crippen LogP contribution in [0.4, 0.5) is 17.1 Å². The van der Waals surface area contributed by atoms with Gasteiger partial charge in [-0.15, -0.1) is 0 Å². The third kappa shape index (κ3) is 4.27. The van der Waals surface area contributed by atoms with E-state index in [9.17, 15) is 0 Å². The minimum absolute atomic E-state index is 0.910. The van der Waals surface area contributed by atoms with Crippen LogP contribution in [0.3, 0.4) is 0 Å². The van der Waals surface area contributed by atoms with Crippen molar-refractivity contribution in [3.05, 3.63) is 176 Å². The molecule has 0 saturated carbocycles. The predicted molar refractivity (Wildman–Crippen MR) is 204 cm³/mol. The normalized spacial score (nSPS) is 11.8. The molecule has 48 heavy (non-hydrogen) atoms. The van der Waals surface area contributed by atoms with Crippen molar-refractivity contribution in [1.29, 1.82) is 0 Å². The van der Waals surface area contributed by atoms with Gasteiger partial charge >= 0.3 is 0 Å². The first-order valence-corrected chi connectivity index (χ1v) is 16.4. The molecule has 10 aromatic rings. The maximum atomic E-state index is 6.24. The summed E-state index contributed by atoms with van der Waals surface area (Å²) >= 11 is 0. The number of fused-ring (bicyclic) bond motifs is 9. The first-order chi connectivity index (χ1) is 23.8. The van der Waals surface area contributed by atoms with Gasteiger partial charge in [-0.2, -0.15) is 0 Å². The Bertz CT molecular complexity index is 2830. The van der Waals surface area contributed by atoms with Gasteiger partial charge in [-0.3, -0.25) is 0 Å². The van der Waals surface area contributed by atoms with E-state index in [1.165, 1.54) is 48.8 Å². The molecule has 0 bridgehead atoms. The molecule has 0 unspecified atom stereocenters. The van der Waals surface area contributed by atoms with Crippen LogP contribution >= 0.6 is 0 Å². The summed E-state index contributed by atoms with van der Waals surface area (Å²) in [6, 6.07) is 63.4. The van der Waals surface area contributed by atoms with Crippen molar-refractivity contribution in [2.24, 2.45) is 0 Å². The summed E-state index contributed by atoms with van der Waals surface area (Å²) in [5.74, 6) is 0. The Kier molecular flexibility index (Phi) is 5.91. The van der Waals surface area contributed by atoms with Gasteiger partial charge in [-0.05, 0) is 115 Å². The lowest BCUT2D eigenvalue weighted by molar-refractivity contribution is 0.669. The Morgan fingerprint density at radius 2 is 0.917 bits per heavy atom. The van der Waals surface area contributed by atoms with Gasteiger partial charge in [-0.1, -0.05) is 115 Å². The van der Waals surface area contributed by atoms with Crippen molar-refractivity contribution >= 4 is 82.1 Å². The second-order valence-electron chi connectivity index (χ2n) is 12.6. The molecule has 9 aromatic carbocycles. The third-order valence-corrected chi connectivity index (χ3v) is 9.79. The molecule has 224 valence electrons. The number of anilines is 3. The number of hydrogen-bond acceptors (Lipinski definition) is 2. The molecule has 10 rings (SSSR count). The second kappa shape index (κ2) is 10.6. The summed E-state index contributed by atoms with van der Waals surface area (Å²) in [4.78, 5) is 2.32. The largest absolute Gasteiger partial charge is 0.456 e. The Hall–Kier alpha value is -6.38. The van der Waals surface area contributed by atoms with Crippen molar-refractivity contribution in [3.8, 4) is 11.1 Å². The predicted octanol–water partition coefficient (Wildman–Crippen LogP) is 13.3. The highest BCUT2D eigenvalue weighted by Gasteiger charge is 2.15. The number of furan rings is 1. The average Bonchev–Trinajstić information content (AvgIpc) is 3.51. The highest BCUT2D eigenvalue weighted by molar-refractivity contribution is 6.18. The van der Waals surface area contributed by atoms with Crippen LogP contribution in [0.25, 0.3) is 76.2 Å². The number of nitrogens with zero attached hydrogens (tertiary/aromatic N) is 1. The second-order valence-corrected chi connectivity index (χ2v) is 12.6. The lowest BCUT2D eigenvalue weighted by atomic mass is 9.94. The van der Waals surface area contributed by atoms with Gasteiger partial charge in [0.25, 0.3) is 0 Å². The molecule has 0 fully saturated rings.